The number of aromatic hydroxyl groups is 1. The molecule has 5 nitrogen and oxygen atoms in total. The Bertz CT molecular complexity index is 874. The summed E-state index contributed by atoms with van der Waals surface area (Å²) in [6.07, 6.45) is 2.38. The van der Waals surface area contributed by atoms with Crippen molar-refractivity contribution < 1.29 is 14.2 Å². The summed E-state index contributed by atoms with van der Waals surface area (Å²) in [4.78, 5) is 7.40. The first kappa shape index (κ1) is 18.9. The van der Waals surface area contributed by atoms with Gasteiger partial charge < -0.3 is 14.7 Å². The molecule has 2 heterocycles. The molecule has 2 aliphatic rings. The fourth-order valence-corrected chi connectivity index (χ4v) is 4.15. The molecule has 0 amide bonds. The number of hydrogen-bond donors (Lipinski definition) is 2. The molecule has 2 aliphatic heterocycles. The Morgan fingerprint density at radius 3 is 2.57 bits per heavy atom. The number of methoxy groups -OCH3 is 1. The van der Waals surface area contributed by atoms with Gasteiger partial charge in [-0.05, 0) is 43.7 Å². The highest BCUT2D eigenvalue weighted by atomic mass is 19.1. The van der Waals surface area contributed by atoms with Gasteiger partial charge in [0.25, 0.3) is 0 Å². The van der Waals surface area contributed by atoms with Crippen molar-refractivity contribution in [2.24, 2.45) is 4.99 Å². The van der Waals surface area contributed by atoms with Gasteiger partial charge in [0.2, 0.25) is 0 Å². The number of phenols is 1. The molecular weight excluding hydrogens is 357 g/mol. The molecule has 1 atom stereocenters. The first-order valence-electron chi connectivity index (χ1n) is 9.66. The molecule has 6 heteroatoms. The molecule has 0 saturated carbocycles. The molecule has 1 fully saturated rings. The van der Waals surface area contributed by atoms with Crippen LogP contribution in [0.3, 0.4) is 0 Å². The summed E-state index contributed by atoms with van der Waals surface area (Å²) in [5.74, 6) is 0.364. The lowest BCUT2D eigenvalue weighted by molar-refractivity contribution is 0.144. The van der Waals surface area contributed by atoms with Crippen molar-refractivity contribution in [1.29, 1.82) is 0 Å². The third-order valence-electron chi connectivity index (χ3n) is 5.81. The highest BCUT2D eigenvalue weighted by Crippen LogP contribution is 2.40. The van der Waals surface area contributed by atoms with E-state index in [0.29, 0.717) is 12.2 Å². The molecule has 2 aromatic rings. The first-order chi connectivity index (χ1) is 13.5. The fourth-order valence-electron chi connectivity index (χ4n) is 4.15. The van der Waals surface area contributed by atoms with Crippen LogP contribution in [0.4, 0.5) is 4.39 Å². The molecule has 0 aliphatic carbocycles. The number of phenolic OH excluding ortho intramolecular Hbond substituents is 1. The van der Waals surface area contributed by atoms with Crippen molar-refractivity contribution in [3.05, 3.63) is 59.4 Å². The van der Waals surface area contributed by atoms with Crippen molar-refractivity contribution in [2.45, 2.75) is 31.0 Å². The van der Waals surface area contributed by atoms with Crippen LogP contribution in [0.1, 0.15) is 36.4 Å². The van der Waals surface area contributed by atoms with E-state index in [1.54, 1.807) is 25.3 Å². The molecule has 2 aromatic carbocycles. The van der Waals surface area contributed by atoms with Crippen LogP contribution in [0.15, 0.2) is 47.5 Å². The predicted octanol–water partition coefficient (Wildman–Crippen LogP) is 3.49. The van der Waals surface area contributed by atoms with E-state index in [2.05, 4.69) is 17.3 Å². The van der Waals surface area contributed by atoms with Gasteiger partial charge in [-0.25, -0.2) is 4.39 Å². The second-order valence-corrected chi connectivity index (χ2v) is 7.70. The smallest absolute Gasteiger partial charge is 0.162 e. The van der Waals surface area contributed by atoms with E-state index < -0.39 is 0 Å². The number of nitrogens with zero attached hydrogens (tertiary/aromatic N) is 2. The average Bonchev–Trinajstić information content (AvgIpc) is 2.71. The van der Waals surface area contributed by atoms with E-state index in [-0.39, 0.29) is 23.3 Å². The molecule has 1 spiro atoms. The van der Waals surface area contributed by atoms with Gasteiger partial charge in [0.05, 0.1) is 7.11 Å². The van der Waals surface area contributed by atoms with Gasteiger partial charge in [0, 0.05) is 36.8 Å². The molecule has 0 aromatic heterocycles. The summed E-state index contributed by atoms with van der Waals surface area (Å²) >= 11 is 0. The van der Waals surface area contributed by atoms with E-state index in [0.717, 1.165) is 42.8 Å². The average molecular weight is 383 g/mol. The Hall–Kier alpha value is -2.44. The lowest BCUT2D eigenvalue weighted by Gasteiger charge is -2.44. The van der Waals surface area contributed by atoms with Crippen LogP contribution >= 0.6 is 0 Å². The highest BCUT2D eigenvalue weighted by Gasteiger charge is 2.40. The number of likely N-dealkylation sites (tertiary alicyclic amines) is 1. The van der Waals surface area contributed by atoms with E-state index in [1.807, 2.05) is 12.1 Å². The van der Waals surface area contributed by atoms with Crippen LogP contribution in [-0.2, 0) is 0 Å². The molecule has 2 N–H and O–H groups in total. The Labute approximate surface area is 164 Å². The topological polar surface area (TPSA) is 57.1 Å². The second kappa shape index (κ2) is 7.53. The Morgan fingerprint density at radius 1 is 1.18 bits per heavy atom. The largest absolute Gasteiger partial charge is 0.504 e. The summed E-state index contributed by atoms with van der Waals surface area (Å²) < 4.78 is 18.7. The minimum Gasteiger partial charge on any atom is -0.504 e. The van der Waals surface area contributed by atoms with Crippen LogP contribution < -0.4 is 10.1 Å². The number of halogens is 1. The van der Waals surface area contributed by atoms with Crippen molar-refractivity contribution >= 4 is 5.71 Å². The number of piperidine rings is 1. The Balaban J connectivity index is 1.74. The van der Waals surface area contributed by atoms with Gasteiger partial charge in [0.1, 0.15) is 11.5 Å². The number of rotatable bonds is 3. The zero-order valence-corrected chi connectivity index (χ0v) is 16.3. The molecule has 148 valence electrons. The fraction of sp³-hybridized carbons (Fsp3) is 0.409. The van der Waals surface area contributed by atoms with E-state index in [9.17, 15) is 9.50 Å². The standard InChI is InChI=1S/C22H26FN3O2/c1-26-12-10-22(11-13-26)24-18(15-6-8-16(23)9-7-15)14-19(25-22)17-4-3-5-20(28-2)21(17)27/h3-9,19,25,27H,10-14H2,1-2H3/t19-/m1/s1. The third-order valence-corrected chi connectivity index (χ3v) is 5.81. The second-order valence-electron chi connectivity index (χ2n) is 7.70. The number of aliphatic imine (C=N–C) groups is 1. The number of nitrogens with one attached hydrogen (secondary N) is 1. The molecule has 4 rings (SSSR count). The van der Waals surface area contributed by atoms with Crippen molar-refractivity contribution in [3.63, 3.8) is 0 Å². The minimum absolute atomic E-state index is 0.101. The maximum Gasteiger partial charge on any atom is 0.162 e. The quantitative estimate of drug-likeness (QED) is 0.852. The van der Waals surface area contributed by atoms with Crippen molar-refractivity contribution in [1.82, 2.24) is 10.2 Å². The number of ether oxygens (including phenoxy) is 1. The van der Waals surface area contributed by atoms with E-state index in [4.69, 9.17) is 9.73 Å². The molecule has 0 radical (unpaired) electrons. The summed E-state index contributed by atoms with van der Waals surface area (Å²) in [5.41, 5.74) is 2.28. The Morgan fingerprint density at radius 2 is 1.89 bits per heavy atom. The van der Waals surface area contributed by atoms with Crippen LogP contribution in [0.25, 0.3) is 0 Å². The summed E-state index contributed by atoms with van der Waals surface area (Å²) in [6.45, 7) is 1.90. The number of para-hydroxylation sites is 1. The maximum atomic E-state index is 13.4. The number of benzene rings is 2. The van der Waals surface area contributed by atoms with Crippen molar-refractivity contribution in [2.75, 3.05) is 27.2 Å². The van der Waals surface area contributed by atoms with Crippen LogP contribution in [-0.4, -0.2) is 48.6 Å². The van der Waals surface area contributed by atoms with Gasteiger partial charge in [-0.1, -0.05) is 24.3 Å². The Kier molecular flexibility index (Phi) is 5.08. The summed E-state index contributed by atoms with van der Waals surface area (Å²) in [6, 6.07) is 12.0. The van der Waals surface area contributed by atoms with Crippen LogP contribution in [0.2, 0.25) is 0 Å². The molecular formula is C22H26FN3O2. The minimum atomic E-state index is -0.380. The normalized spacial score (nSPS) is 22.1. The third kappa shape index (κ3) is 3.62. The zero-order valence-electron chi connectivity index (χ0n) is 16.3. The lowest BCUT2D eigenvalue weighted by atomic mass is 9.87. The number of hydrogen-bond acceptors (Lipinski definition) is 5. The van der Waals surface area contributed by atoms with E-state index in [1.165, 1.54) is 12.1 Å². The molecule has 0 bridgehead atoms. The monoisotopic (exact) mass is 383 g/mol. The molecule has 28 heavy (non-hydrogen) atoms. The van der Waals surface area contributed by atoms with Gasteiger partial charge in [0.15, 0.2) is 11.5 Å². The predicted molar refractivity (Wildman–Crippen MR) is 108 cm³/mol. The SMILES string of the molecule is COc1cccc([C@H]2CC(c3ccc(F)cc3)=NC3(CCN(C)CC3)N2)c1O. The van der Waals surface area contributed by atoms with Gasteiger partial charge in [-0.2, -0.15) is 0 Å². The lowest BCUT2D eigenvalue weighted by Crippen LogP contribution is -2.55. The van der Waals surface area contributed by atoms with Crippen LogP contribution in [0, 0.1) is 5.82 Å². The molecule has 1 saturated heterocycles. The zero-order chi connectivity index (χ0) is 19.7. The van der Waals surface area contributed by atoms with Gasteiger partial charge in [-0.3, -0.25) is 10.3 Å². The summed E-state index contributed by atoms with van der Waals surface area (Å²) in [5, 5.41) is 14.4. The highest BCUT2D eigenvalue weighted by molar-refractivity contribution is 6.01. The van der Waals surface area contributed by atoms with Crippen LogP contribution in [0.5, 0.6) is 11.5 Å². The maximum absolute atomic E-state index is 13.4. The van der Waals surface area contributed by atoms with Crippen molar-refractivity contribution in [3.8, 4) is 11.5 Å². The first-order valence-corrected chi connectivity index (χ1v) is 9.66. The summed E-state index contributed by atoms with van der Waals surface area (Å²) in [7, 11) is 3.67. The van der Waals surface area contributed by atoms with Gasteiger partial charge >= 0.3 is 0 Å². The van der Waals surface area contributed by atoms with E-state index >= 15 is 0 Å². The van der Waals surface area contributed by atoms with Gasteiger partial charge in [-0.15, -0.1) is 0 Å². The molecule has 0 unspecified atom stereocenters.